The van der Waals surface area contributed by atoms with Crippen molar-refractivity contribution in [3.05, 3.63) is 42.0 Å². The summed E-state index contributed by atoms with van der Waals surface area (Å²) < 4.78 is 1.73. The highest BCUT2D eigenvalue weighted by molar-refractivity contribution is 14.0. The maximum Gasteiger partial charge on any atom is 0.191 e. The molecule has 0 aliphatic carbocycles. The molecule has 0 radical (unpaired) electrons. The summed E-state index contributed by atoms with van der Waals surface area (Å²) in [6.45, 7) is 1.40. The molecule has 1 aromatic carbocycles. The predicted molar refractivity (Wildman–Crippen MR) is 101 cm³/mol. The van der Waals surface area contributed by atoms with E-state index < -0.39 is 0 Å². The third-order valence-electron chi connectivity index (χ3n) is 3.31. The van der Waals surface area contributed by atoms with E-state index in [1.807, 2.05) is 19.2 Å². The fourth-order valence-corrected chi connectivity index (χ4v) is 2.03. The van der Waals surface area contributed by atoms with E-state index in [9.17, 15) is 5.11 Å². The van der Waals surface area contributed by atoms with Gasteiger partial charge in [0.2, 0.25) is 0 Å². The van der Waals surface area contributed by atoms with Crippen LogP contribution in [0.3, 0.4) is 0 Å². The zero-order chi connectivity index (χ0) is 15.8. The molecule has 2 rings (SSSR count). The Morgan fingerprint density at radius 3 is 2.61 bits per heavy atom. The zero-order valence-electron chi connectivity index (χ0n) is 13.4. The monoisotopic (exact) mass is 430 g/mol. The van der Waals surface area contributed by atoms with Crippen LogP contribution in [0.5, 0.6) is 5.75 Å². The Hall–Kier alpha value is -1.84. The summed E-state index contributed by atoms with van der Waals surface area (Å²) in [4.78, 5) is 8.33. The molecule has 1 heterocycles. The van der Waals surface area contributed by atoms with Crippen LogP contribution < -0.4 is 10.6 Å². The number of phenols is 1. The third kappa shape index (κ3) is 6.43. The molecule has 0 spiro atoms. The van der Waals surface area contributed by atoms with Gasteiger partial charge in [0.25, 0.3) is 0 Å². The number of aromatic hydroxyl groups is 1. The van der Waals surface area contributed by atoms with Crippen LogP contribution in [-0.4, -0.2) is 39.4 Å². The summed E-state index contributed by atoms with van der Waals surface area (Å²) in [5, 5.41) is 19.7. The van der Waals surface area contributed by atoms with Crippen molar-refractivity contribution < 1.29 is 5.11 Å². The molecule has 0 amide bonds. The highest BCUT2D eigenvalue weighted by atomic mass is 127. The maximum absolute atomic E-state index is 9.24. The molecule has 7 nitrogen and oxygen atoms in total. The fraction of sp³-hybridized carbons (Fsp3) is 0.400. The minimum atomic E-state index is 0. The Bertz CT molecular complexity index is 611. The number of halogens is 1. The smallest absolute Gasteiger partial charge is 0.191 e. The van der Waals surface area contributed by atoms with Crippen LogP contribution in [-0.2, 0) is 20.0 Å². The topological polar surface area (TPSA) is 87.4 Å². The average Bonchev–Trinajstić information content (AvgIpc) is 2.93. The van der Waals surface area contributed by atoms with Crippen LogP contribution in [0.4, 0.5) is 0 Å². The van der Waals surface area contributed by atoms with Crippen LogP contribution in [0, 0.1) is 0 Å². The minimum Gasteiger partial charge on any atom is -0.508 e. The van der Waals surface area contributed by atoms with Crippen LogP contribution in [0.2, 0.25) is 0 Å². The van der Waals surface area contributed by atoms with E-state index in [4.69, 9.17) is 0 Å². The number of aliphatic imine (C=N–C) groups is 1. The van der Waals surface area contributed by atoms with E-state index in [0.29, 0.717) is 12.3 Å². The van der Waals surface area contributed by atoms with Gasteiger partial charge in [-0.25, -0.2) is 4.98 Å². The van der Waals surface area contributed by atoms with Crippen molar-refractivity contribution in [3.8, 4) is 5.75 Å². The number of rotatable bonds is 6. The lowest BCUT2D eigenvalue weighted by molar-refractivity contribution is 0.475. The van der Waals surface area contributed by atoms with Crippen molar-refractivity contribution >= 4 is 29.9 Å². The van der Waals surface area contributed by atoms with Gasteiger partial charge in [0.05, 0.1) is 6.54 Å². The SMILES string of the molecule is CN=C(NCCCc1ccc(O)cc1)NCc1ncnn1C.I. The van der Waals surface area contributed by atoms with Crippen LogP contribution in [0.25, 0.3) is 0 Å². The molecule has 0 atom stereocenters. The maximum atomic E-state index is 9.24. The number of nitrogens with one attached hydrogen (secondary N) is 2. The number of guanidine groups is 1. The molecular formula is C15H23IN6O. The molecule has 0 saturated carbocycles. The molecule has 0 aliphatic rings. The lowest BCUT2D eigenvalue weighted by atomic mass is 10.1. The van der Waals surface area contributed by atoms with Crippen molar-refractivity contribution in [2.24, 2.45) is 12.0 Å². The number of aryl methyl sites for hydroxylation is 2. The molecule has 2 aromatic rings. The second kappa shape index (κ2) is 10.0. The van der Waals surface area contributed by atoms with Gasteiger partial charge in [-0.05, 0) is 30.5 Å². The van der Waals surface area contributed by atoms with Crippen molar-refractivity contribution in [3.63, 3.8) is 0 Å². The molecule has 23 heavy (non-hydrogen) atoms. The molecule has 0 unspecified atom stereocenters. The van der Waals surface area contributed by atoms with Gasteiger partial charge >= 0.3 is 0 Å². The highest BCUT2D eigenvalue weighted by Crippen LogP contribution is 2.10. The van der Waals surface area contributed by atoms with Crippen LogP contribution in [0.1, 0.15) is 17.8 Å². The summed E-state index contributed by atoms with van der Waals surface area (Å²) in [5.41, 5.74) is 1.21. The van der Waals surface area contributed by atoms with E-state index in [0.717, 1.165) is 31.2 Å². The largest absolute Gasteiger partial charge is 0.508 e. The van der Waals surface area contributed by atoms with Gasteiger partial charge < -0.3 is 15.7 Å². The summed E-state index contributed by atoms with van der Waals surface area (Å²) in [7, 11) is 3.60. The first kappa shape index (κ1) is 19.2. The normalized spacial score (nSPS) is 11.0. The average molecular weight is 430 g/mol. The van der Waals surface area contributed by atoms with Gasteiger partial charge in [-0.2, -0.15) is 5.10 Å². The first-order valence-electron chi connectivity index (χ1n) is 7.24. The molecule has 8 heteroatoms. The third-order valence-corrected chi connectivity index (χ3v) is 3.31. The van der Waals surface area contributed by atoms with Crippen molar-refractivity contribution in [1.82, 2.24) is 25.4 Å². The van der Waals surface area contributed by atoms with Gasteiger partial charge in [-0.3, -0.25) is 9.67 Å². The Balaban J connectivity index is 0.00000264. The Morgan fingerprint density at radius 1 is 1.26 bits per heavy atom. The van der Waals surface area contributed by atoms with Gasteiger partial charge in [0, 0.05) is 20.6 Å². The van der Waals surface area contributed by atoms with E-state index in [1.165, 1.54) is 11.9 Å². The Morgan fingerprint density at radius 2 is 2.00 bits per heavy atom. The second-order valence-corrected chi connectivity index (χ2v) is 4.92. The van der Waals surface area contributed by atoms with Gasteiger partial charge in [-0.15, -0.1) is 24.0 Å². The summed E-state index contributed by atoms with van der Waals surface area (Å²) in [6, 6.07) is 7.31. The van der Waals surface area contributed by atoms with Crippen LogP contribution >= 0.6 is 24.0 Å². The first-order chi connectivity index (χ1) is 10.7. The molecule has 1 aromatic heterocycles. The lowest BCUT2D eigenvalue weighted by Gasteiger charge is -2.11. The first-order valence-corrected chi connectivity index (χ1v) is 7.24. The van der Waals surface area contributed by atoms with Crippen LogP contribution in [0.15, 0.2) is 35.6 Å². The zero-order valence-corrected chi connectivity index (χ0v) is 15.7. The Labute approximate surface area is 153 Å². The number of aromatic nitrogens is 3. The van der Waals surface area contributed by atoms with Gasteiger partial charge in [0.1, 0.15) is 17.9 Å². The van der Waals surface area contributed by atoms with Gasteiger partial charge in [0.15, 0.2) is 5.96 Å². The highest BCUT2D eigenvalue weighted by Gasteiger charge is 2.02. The molecule has 0 aliphatic heterocycles. The van der Waals surface area contributed by atoms with E-state index >= 15 is 0 Å². The van der Waals surface area contributed by atoms with Gasteiger partial charge in [-0.1, -0.05) is 12.1 Å². The second-order valence-electron chi connectivity index (χ2n) is 4.92. The lowest BCUT2D eigenvalue weighted by Crippen LogP contribution is -2.38. The number of hydrogen-bond donors (Lipinski definition) is 3. The number of phenolic OH excluding ortho intramolecular Hbond substituents is 1. The quantitative estimate of drug-likeness (QED) is 0.280. The summed E-state index contributed by atoms with van der Waals surface area (Å²) >= 11 is 0. The predicted octanol–water partition coefficient (Wildman–Crippen LogP) is 1.44. The summed E-state index contributed by atoms with van der Waals surface area (Å²) in [5.74, 6) is 1.90. The fourth-order valence-electron chi connectivity index (χ4n) is 2.03. The molecule has 0 bridgehead atoms. The summed E-state index contributed by atoms with van der Waals surface area (Å²) in [6.07, 6.45) is 3.47. The van der Waals surface area contributed by atoms with E-state index in [1.54, 1.807) is 23.9 Å². The molecule has 0 fully saturated rings. The number of nitrogens with zero attached hydrogens (tertiary/aromatic N) is 4. The molecule has 3 N–H and O–H groups in total. The van der Waals surface area contributed by atoms with Crippen molar-refractivity contribution in [2.75, 3.05) is 13.6 Å². The van der Waals surface area contributed by atoms with Crippen molar-refractivity contribution in [2.45, 2.75) is 19.4 Å². The Kier molecular flexibility index (Phi) is 8.38. The molecule has 0 saturated heterocycles. The number of benzene rings is 1. The standard InChI is InChI=1S/C15H22N6O.HI/c1-16-15(18-10-14-19-11-20-21(14)2)17-9-3-4-12-5-7-13(22)8-6-12;/h5-8,11,22H,3-4,9-10H2,1-2H3,(H2,16,17,18);1H. The van der Waals surface area contributed by atoms with E-state index in [2.05, 4.69) is 25.7 Å². The van der Waals surface area contributed by atoms with Crippen molar-refractivity contribution in [1.29, 1.82) is 0 Å². The molecular weight excluding hydrogens is 407 g/mol. The number of hydrogen-bond acceptors (Lipinski definition) is 4. The molecule has 126 valence electrons. The minimum absolute atomic E-state index is 0. The van der Waals surface area contributed by atoms with E-state index in [-0.39, 0.29) is 24.0 Å².